The molecule has 1 fully saturated rings. The van der Waals surface area contributed by atoms with Crippen LogP contribution in [0.5, 0.6) is 0 Å². The van der Waals surface area contributed by atoms with Gasteiger partial charge >= 0.3 is 0 Å². The van der Waals surface area contributed by atoms with Crippen molar-refractivity contribution in [3.05, 3.63) is 16.6 Å². The zero-order valence-corrected chi connectivity index (χ0v) is 10.6. The van der Waals surface area contributed by atoms with Crippen LogP contribution in [0.4, 0.5) is 0 Å². The predicted molar refractivity (Wildman–Crippen MR) is 64.0 cm³/mol. The summed E-state index contributed by atoms with van der Waals surface area (Å²) in [6, 6.07) is -0.132. The highest BCUT2D eigenvalue weighted by atomic mass is 32.1. The van der Waals surface area contributed by atoms with Crippen molar-refractivity contribution < 1.29 is 4.79 Å². The van der Waals surface area contributed by atoms with Crippen molar-refractivity contribution in [2.24, 2.45) is 5.73 Å². The van der Waals surface area contributed by atoms with E-state index in [0.717, 1.165) is 4.88 Å². The summed E-state index contributed by atoms with van der Waals surface area (Å²) in [7, 11) is 0. The molecular formula is C11H17N3OS. The van der Waals surface area contributed by atoms with Crippen LogP contribution in [0.3, 0.4) is 0 Å². The van der Waals surface area contributed by atoms with E-state index in [9.17, 15) is 4.79 Å². The number of rotatable bonds is 1. The summed E-state index contributed by atoms with van der Waals surface area (Å²) < 4.78 is 0. The Bertz CT molecular complexity index is 382. The number of carbonyl (C=O) groups excluding carboxylic acids is 1. The van der Waals surface area contributed by atoms with E-state index in [4.69, 9.17) is 5.73 Å². The van der Waals surface area contributed by atoms with E-state index in [1.54, 1.807) is 16.8 Å². The third-order valence-corrected chi connectivity index (χ3v) is 3.67. The molecule has 88 valence electrons. The normalized spacial score (nSPS) is 26.5. The lowest BCUT2D eigenvalue weighted by molar-refractivity contribution is -0.133. The van der Waals surface area contributed by atoms with E-state index in [1.807, 2.05) is 31.9 Å². The first-order chi connectivity index (χ1) is 7.41. The van der Waals surface area contributed by atoms with E-state index < -0.39 is 0 Å². The van der Waals surface area contributed by atoms with Gasteiger partial charge in [-0.1, -0.05) is 0 Å². The van der Waals surface area contributed by atoms with Gasteiger partial charge in [-0.2, -0.15) is 0 Å². The van der Waals surface area contributed by atoms with Gasteiger partial charge in [-0.15, -0.1) is 11.3 Å². The lowest BCUT2D eigenvalue weighted by Gasteiger charge is -2.37. The quantitative estimate of drug-likeness (QED) is 0.808. The van der Waals surface area contributed by atoms with Crippen LogP contribution in [-0.4, -0.2) is 27.4 Å². The monoisotopic (exact) mass is 239 g/mol. The van der Waals surface area contributed by atoms with Gasteiger partial charge in [-0.3, -0.25) is 9.78 Å². The topological polar surface area (TPSA) is 59.2 Å². The van der Waals surface area contributed by atoms with Crippen LogP contribution in [0.2, 0.25) is 0 Å². The van der Waals surface area contributed by atoms with Crippen molar-refractivity contribution in [1.29, 1.82) is 0 Å². The van der Waals surface area contributed by atoms with Crippen LogP contribution in [0, 0.1) is 0 Å². The lowest BCUT2D eigenvalue weighted by Crippen LogP contribution is -2.45. The number of amides is 1. The summed E-state index contributed by atoms with van der Waals surface area (Å²) in [5.74, 6) is 0.137. The Labute approximate surface area is 99.5 Å². The average molecular weight is 239 g/mol. The van der Waals surface area contributed by atoms with E-state index >= 15 is 0 Å². The maximum absolute atomic E-state index is 12.0. The molecule has 5 heteroatoms. The second-order valence-electron chi connectivity index (χ2n) is 5.15. The van der Waals surface area contributed by atoms with Crippen molar-refractivity contribution in [3.63, 3.8) is 0 Å². The van der Waals surface area contributed by atoms with E-state index in [-0.39, 0.29) is 23.5 Å². The predicted octanol–water partition coefficient (Wildman–Crippen LogP) is 1.54. The maximum Gasteiger partial charge on any atom is 0.225 e. The van der Waals surface area contributed by atoms with Crippen molar-refractivity contribution in [3.8, 4) is 0 Å². The zero-order valence-electron chi connectivity index (χ0n) is 9.80. The van der Waals surface area contributed by atoms with Gasteiger partial charge in [-0.05, 0) is 20.8 Å². The number of hydrogen-bond acceptors (Lipinski definition) is 4. The fourth-order valence-corrected chi connectivity index (χ4v) is 3.04. The molecule has 16 heavy (non-hydrogen) atoms. The van der Waals surface area contributed by atoms with Crippen LogP contribution in [0.15, 0.2) is 11.7 Å². The van der Waals surface area contributed by atoms with Gasteiger partial charge in [0.25, 0.3) is 0 Å². The number of carbonyl (C=O) groups is 1. The molecule has 0 bridgehead atoms. The molecule has 2 atom stereocenters. The lowest BCUT2D eigenvalue weighted by atomic mass is 10.0. The molecule has 1 aromatic rings. The van der Waals surface area contributed by atoms with Gasteiger partial charge < -0.3 is 10.6 Å². The highest BCUT2D eigenvalue weighted by Crippen LogP contribution is 2.38. The molecule has 0 saturated carbocycles. The van der Waals surface area contributed by atoms with Crippen LogP contribution >= 0.6 is 11.3 Å². The highest BCUT2D eigenvalue weighted by molar-refractivity contribution is 7.09. The molecule has 1 aliphatic heterocycles. The third kappa shape index (κ3) is 1.85. The van der Waals surface area contributed by atoms with Crippen molar-refractivity contribution in [2.75, 3.05) is 0 Å². The molecule has 2 N–H and O–H groups in total. The molecule has 0 radical (unpaired) electrons. The fraction of sp³-hybridized carbons (Fsp3) is 0.636. The molecule has 1 saturated heterocycles. The van der Waals surface area contributed by atoms with Gasteiger partial charge in [-0.25, -0.2) is 0 Å². The maximum atomic E-state index is 12.0. The molecule has 2 unspecified atom stereocenters. The Morgan fingerprint density at radius 2 is 2.25 bits per heavy atom. The molecular weight excluding hydrogens is 222 g/mol. The van der Waals surface area contributed by atoms with E-state index in [0.29, 0.717) is 6.42 Å². The minimum atomic E-state index is -0.195. The Hall–Kier alpha value is -0.940. The molecule has 1 amide bonds. The minimum absolute atomic E-state index is 0.0139. The van der Waals surface area contributed by atoms with Crippen LogP contribution in [0.1, 0.15) is 38.1 Å². The Kier molecular flexibility index (Phi) is 2.75. The number of aromatic nitrogens is 1. The van der Waals surface area contributed by atoms with Crippen LogP contribution in [-0.2, 0) is 4.79 Å². The Morgan fingerprint density at radius 1 is 1.56 bits per heavy atom. The average Bonchev–Trinajstić information content (AvgIpc) is 2.70. The minimum Gasteiger partial charge on any atom is -0.328 e. The summed E-state index contributed by atoms with van der Waals surface area (Å²) in [5.41, 5.74) is 7.65. The summed E-state index contributed by atoms with van der Waals surface area (Å²) in [6.45, 7) is 6.12. The smallest absolute Gasteiger partial charge is 0.225 e. The number of thiazole rings is 1. The molecule has 1 aliphatic rings. The summed E-state index contributed by atoms with van der Waals surface area (Å²) in [6.07, 6.45) is 2.24. The molecule has 0 aromatic carbocycles. The number of hydrogen-bond donors (Lipinski definition) is 1. The molecule has 2 rings (SSSR count). The van der Waals surface area contributed by atoms with Crippen LogP contribution in [0.25, 0.3) is 0 Å². The van der Waals surface area contributed by atoms with Crippen molar-refractivity contribution in [1.82, 2.24) is 9.88 Å². The van der Waals surface area contributed by atoms with Gasteiger partial charge in [0.1, 0.15) is 0 Å². The molecule has 0 aliphatic carbocycles. The van der Waals surface area contributed by atoms with Gasteiger partial charge in [0.2, 0.25) is 5.91 Å². The summed E-state index contributed by atoms with van der Waals surface area (Å²) in [4.78, 5) is 19.0. The molecule has 2 heterocycles. The number of likely N-dealkylation sites (tertiary alicyclic amines) is 1. The third-order valence-electron chi connectivity index (χ3n) is 2.83. The summed E-state index contributed by atoms with van der Waals surface area (Å²) >= 11 is 1.56. The first-order valence-electron chi connectivity index (χ1n) is 5.37. The number of nitrogens with zero attached hydrogens (tertiary/aromatic N) is 2. The van der Waals surface area contributed by atoms with Crippen molar-refractivity contribution >= 4 is 17.2 Å². The van der Waals surface area contributed by atoms with E-state index in [2.05, 4.69) is 4.98 Å². The Morgan fingerprint density at radius 3 is 2.75 bits per heavy atom. The second kappa shape index (κ2) is 3.82. The Balaban J connectivity index is 2.38. The molecule has 0 spiro atoms. The molecule has 1 aromatic heterocycles. The van der Waals surface area contributed by atoms with Crippen molar-refractivity contribution in [2.45, 2.75) is 44.8 Å². The fourth-order valence-electron chi connectivity index (χ4n) is 2.26. The van der Waals surface area contributed by atoms with Crippen LogP contribution < -0.4 is 5.73 Å². The first kappa shape index (κ1) is 11.5. The zero-order chi connectivity index (χ0) is 11.9. The second-order valence-corrected chi connectivity index (χ2v) is 6.07. The largest absolute Gasteiger partial charge is 0.328 e. The van der Waals surface area contributed by atoms with Gasteiger partial charge in [0, 0.05) is 29.1 Å². The standard InChI is InChI=1S/C11H17N3OS/c1-11(2,3)14-9(15)4-7(12)10(14)8-5-13-6-16-8/h5-7,10H,4,12H2,1-3H3. The first-order valence-corrected chi connectivity index (χ1v) is 6.25. The SMILES string of the molecule is CC(C)(C)N1C(=O)CC(N)C1c1cncs1. The van der Waals surface area contributed by atoms with Gasteiger partial charge in [0.05, 0.1) is 11.6 Å². The molecule has 4 nitrogen and oxygen atoms in total. The van der Waals surface area contributed by atoms with E-state index in [1.165, 1.54) is 0 Å². The van der Waals surface area contributed by atoms with Gasteiger partial charge in [0.15, 0.2) is 0 Å². The number of nitrogens with two attached hydrogens (primary N) is 1. The summed E-state index contributed by atoms with van der Waals surface area (Å²) in [5, 5.41) is 0. The highest BCUT2D eigenvalue weighted by Gasteiger charge is 2.44.